The summed E-state index contributed by atoms with van der Waals surface area (Å²) in [6.45, 7) is 6.06. The van der Waals surface area contributed by atoms with Gasteiger partial charge in [-0.05, 0) is 46.9 Å². The molecule has 2 N–H and O–H groups in total. The van der Waals surface area contributed by atoms with Crippen molar-refractivity contribution in [3.63, 3.8) is 0 Å². The third kappa shape index (κ3) is 4.98. The van der Waals surface area contributed by atoms with Crippen LogP contribution in [0.2, 0.25) is 0 Å². The normalized spacial score (nSPS) is 17.2. The van der Waals surface area contributed by atoms with Crippen LogP contribution in [0.1, 0.15) is 49.1 Å². The van der Waals surface area contributed by atoms with Gasteiger partial charge >= 0.3 is 5.97 Å². The topological polar surface area (TPSA) is 104 Å². The number of hydrogen-bond donors (Lipinski definition) is 2. The van der Waals surface area contributed by atoms with Gasteiger partial charge in [-0.2, -0.15) is 0 Å². The van der Waals surface area contributed by atoms with Crippen molar-refractivity contribution in [2.24, 2.45) is 0 Å². The fraction of sp³-hybridized carbons (Fsp3) is 0.233. The summed E-state index contributed by atoms with van der Waals surface area (Å²) in [5, 5.41) is 20.5. The number of hydrogen-bond acceptors (Lipinski definition) is 5. The fourth-order valence-electron chi connectivity index (χ4n) is 4.60. The lowest BCUT2D eigenvalue weighted by atomic mass is 9.84. The molecule has 1 aliphatic heterocycles. The van der Waals surface area contributed by atoms with Gasteiger partial charge in [-0.15, -0.1) is 0 Å². The number of aliphatic hydroxyl groups is 1. The quantitative estimate of drug-likeness (QED) is 0.273. The number of carboxylic acids is 1. The molecule has 0 saturated carbocycles. The molecule has 7 nitrogen and oxygen atoms in total. The number of carbonyl (C=O) groups excluding carboxylic acids is 2. The lowest BCUT2D eigenvalue weighted by Crippen LogP contribution is -2.29. The third-order valence-corrected chi connectivity index (χ3v) is 6.41. The number of Topliss-reactive ketones (excluding diaryl/α,β-unsaturated/α-hetero) is 1. The Morgan fingerprint density at radius 3 is 2.16 bits per heavy atom. The molecule has 1 saturated heterocycles. The van der Waals surface area contributed by atoms with Gasteiger partial charge in [-0.25, -0.2) is 0 Å². The molecule has 190 valence electrons. The number of rotatable bonds is 6. The summed E-state index contributed by atoms with van der Waals surface area (Å²) < 4.78 is 5.51. The van der Waals surface area contributed by atoms with Crippen LogP contribution >= 0.6 is 0 Å². The first-order chi connectivity index (χ1) is 17.5. The van der Waals surface area contributed by atoms with Gasteiger partial charge in [0, 0.05) is 16.8 Å². The number of ketones is 1. The summed E-state index contributed by atoms with van der Waals surface area (Å²) >= 11 is 0. The van der Waals surface area contributed by atoms with Gasteiger partial charge in [-0.3, -0.25) is 19.3 Å². The number of anilines is 1. The van der Waals surface area contributed by atoms with E-state index in [2.05, 4.69) is 0 Å². The van der Waals surface area contributed by atoms with E-state index >= 15 is 0 Å². The SMILES string of the molecule is COc1ccc(/C(O)=C2/C(=O)C(=O)N(c3ccc(CC(=O)O)cc3)C2c2ccccc2)cc1C(C)(C)C. The van der Waals surface area contributed by atoms with E-state index in [1.54, 1.807) is 73.8 Å². The number of aliphatic carboxylic acids is 1. The van der Waals surface area contributed by atoms with Crippen LogP contribution in [0.5, 0.6) is 5.75 Å². The summed E-state index contributed by atoms with van der Waals surface area (Å²) in [7, 11) is 1.58. The highest BCUT2D eigenvalue weighted by molar-refractivity contribution is 6.51. The Labute approximate surface area is 215 Å². The van der Waals surface area contributed by atoms with Crippen molar-refractivity contribution in [1.29, 1.82) is 0 Å². The minimum atomic E-state index is -0.966. The van der Waals surface area contributed by atoms with E-state index in [1.807, 2.05) is 26.8 Å². The molecule has 1 aliphatic rings. The first kappa shape index (κ1) is 25.7. The van der Waals surface area contributed by atoms with Gasteiger partial charge in [0.15, 0.2) is 0 Å². The van der Waals surface area contributed by atoms with Crippen LogP contribution in [0.3, 0.4) is 0 Å². The molecule has 1 unspecified atom stereocenters. The Bertz CT molecular complexity index is 1380. The molecule has 4 rings (SSSR count). The van der Waals surface area contributed by atoms with E-state index in [0.717, 1.165) is 5.56 Å². The number of aliphatic hydroxyl groups excluding tert-OH is 1. The zero-order valence-electron chi connectivity index (χ0n) is 21.2. The number of ether oxygens (including phenoxy) is 1. The molecule has 0 aromatic heterocycles. The second kappa shape index (κ2) is 9.93. The molecular weight excluding hydrogens is 470 g/mol. The van der Waals surface area contributed by atoms with E-state index in [-0.39, 0.29) is 23.2 Å². The largest absolute Gasteiger partial charge is 0.507 e. The van der Waals surface area contributed by atoms with E-state index < -0.39 is 23.7 Å². The summed E-state index contributed by atoms with van der Waals surface area (Å²) in [5.74, 6) is -2.15. The summed E-state index contributed by atoms with van der Waals surface area (Å²) in [6.07, 6.45) is -0.158. The predicted octanol–water partition coefficient (Wildman–Crippen LogP) is 5.25. The second-order valence-corrected chi connectivity index (χ2v) is 9.98. The maximum atomic E-state index is 13.4. The van der Waals surface area contributed by atoms with Crippen molar-refractivity contribution >= 4 is 29.1 Å². The van der Waals surface area contributed by atoms with Crippen molar-refractivity contribution in [3.05, 3.63) is 101 Å². The van der Waals surface area contributed by atoms with Crippen LogP contribution in [0, 0.1) is 0 Å². The van der Waals surface area contributed by atoms with E-state index in [1.165, 1.54) is 4.90 Å². The van der Waals surface area contributed by atoms with E-state index in [0.29, 0.717) is 28.1 Å². The molecule has 3 aromatic carbocycles. The van der Waals surface area contributed by atoms with Gasteiger partial charge in [0.05, 0.1) is 25.1 Å². The van der Waals surface area contributed by atoms with Crippen molar-refractivity contribution in [1.82, 2.24) is 0 Å². The molecule has 0 spiro atoms. The van der Waals surface area contributed by atoms with Crippen molar-refractivity contribution in [2.75, 3.05) is 12.0 Å². The number of methoxy groups -OCH3 is 1. The molecule has 1 atom stereocenters. The zero-order chi connectivity index (χ0) is 26.9. The number of carbonyl (C=O) groups is 3. The van der Waals surface area contributed by atoms with Crippen LogP contribution in [-0.2, 0) is 26.2 Å². The zero-order valence-corrected chi connectivity index (χ0v) is 21.2. The lowest BCUT2D eigenvalue weighted by molar-refractivity contribution is -0.136. The Morgan fingerprint density at radius 1 is 0.946 bits per heavy atom. The highest BCUT2D eigenvalue weighted by Crippen LogP contribution is 2.43. The number of amides is 1. The number of benzene rings is 3. The summed E-state index contributed by atoms with van der Waals surface area (Å²) in [4.78, 5) is 39.2. The van der Waals surface area contributed by atoms with Gasteiger partial charge in [0.2, 0.25) is 0 Å². The van der Waals surface area contributed by atoms with E-state index in [4.69, 9.17) is 9.84 Å². The second-order valence-electron chi connectivity index (χ2n) is 9.98. The Balaban J connectivity index is 1.89. The van der Waals surface area contributed by atoms with Crippen molar-refractivity contribution in [2.45, 2.75) is 38.6 Å². The van der Waals surface area contributed by atoms with Crippen LogP contribution in [0.15, 0.2) is 78.4 Å². The molecule has 3 aromatic rings. The molecular formula is C30H29NO6. The summed E-state index contributed by atoms with van der Waals surface area (Å²) in [6, 6.07) is 19.8. The minimum absolute atomic E-state index is 0.0177. The maximum Gasteiger partial charge on any atom is 0.307 e. The molecule has 0 radical (unpaired) electrons. The molecule has 37 heavy (non-hydrogen) atoms. The third-order valence-electron chi connectivity index (χ3n) is 6.41. The Morgan fingerprint density at radius 2 is 1.59 bits per heavy atom. The van der Waals surface area contributed by atoms with Crippen molar-refractivity contribution < 1.29 is 29.3 Å². The smallest absolute Gasteiger partial charge is 0.307 e. The maximum absolute atomic E-state index is 13.4. The van der Waals surface area contributed by atoms with Gasteiger partial charge < -0.3 is 14.9 Å². The van der Waals surface area contributed by atoms with Crippen LogP contribution in [0.25, 0.3) is 5.76 Å². The molecule has 1 heterocycles. The minimum Gasteiger partial charge on any atom is -0.507 e. The summed E-state index contributed by atoms with van der Waals surface area (Å²) in [5.41, 5.74) is 2.58. The Kier molecular flexibility index (Phi) is 6.90. The highest BCUT2D eigenvalue weighted by atomic mass is 16.5. The van der Waals surface area contributed by atoms with Crippen molar-refractivity contribution in [3.8, 4) is 5.75 Å². The molecule has 7 heteroatoms. The molecule has 1 amide bonds. The molecule has 0 aliphatic carbocycles. The van der Waals surface area contributed by atoms with Crippen LogP contribution in [-0.4, -0.2) is 35.0 Å². The van der Waals surface area contributed by atoms with E-state index in [9.17, 15) is 19.5 Å². The first-order valence-corrected chi connectivity index (χ1v) is 11.9. The number of nitrogens with zero attached hydrogens (tertiary/aromatic N) is 1. The van der Waals surface area contributed by atoms with Gasteiger partial charge in [0.25, 0.3) is 11.7 Å². The first-order valence-electron chi connectivity index (χ1n) is 11.9. The van der Waals surface area contributed by atoms with Crippen LogP contribution < -0.4 is 9.64 Å². The monoisotopic (exact) mass is 499 g/mol. The Hall–Kier alpha value is -4.39. The highest BCUT2D eigenvalue weighted by Gasteiger charge is 2.47. The standard InChI is InChI=1S/C30H29NO6/c1-30(2,3)22-17-20(12-15-23(22)37-4)27(34)25-26(19-8-6-5-7-9-19)31(29(36)28(25)35)21-13-10-18(11-14-21)16-24(32)33/h5-15,17,26,34H,16H2,1-4H3,(H,32,33)/b27-25-. The number of carboxylic acid groups (broad SMARTS) is 1. The van der Waals surface area contributed by atoms with Crippen LogP contribution in [0.4, 0.5) is 5.69 Å². The average Bonchev–Trinajstić information content (AvgIpc) is 3.13. The fourth-order valence-corrected chi connectivity index (χ4v) is 4.60. The average molecular weight is 500 g/mol. The molecule has 0 bridgehead atoms. The van der Waals surface area contributed by atoms with Gasteiger partial charge in [0.1, 0.15) is 11.5 Å². The lowest BCUT2D eigenvalue weighted by Gasteiger charge is -2.26. The predicted molar refractivity (Wildman–Crippen MR) is 141 cm³/mol. The van der Waals surface area contributed by atoms with Gasteiger partial charge in [-0.1, -0.05) is 63.2 Å². The molecule has 1 fully saturated rings.